The summed E-state index contributed by atoms with van der Waals surface area (Å²) >= 11 is 9.28. The fourth-order valence-corrected chi connectivity index (χ4v) is 2.22. The molecule has 0 bridgehead atoms. The highest BCUT2D eigenvalue weighted by Gasteiger charge is 2.00. The zero-order valence-corrected chi connectivity index (χ0v) is 11.7. The number of benzene rings is 1. The molecule has 0 saturated heterocycles. The van der Waals surface area contributed by atoms with Crippen LogP contribution in [0.5, 0.6) is 0 Å². The summed E-state index contributed by atoms with van der Waals surface area (Å²) in [5.74, 6) is 0. The number of halogens is 2. The van der Waals surface area contributed by atoms with E-state index in [2.05, 4.69) is 51.4 Å². The van der Waals surface area contributed by atoms with E-state index in [-0.39, 0.29) is 0 Å². The third-order valence-corrected chi connectivity index (χ3v) is 3.38. The van der Waals surface area contributed by atoms with Gasteiger partial charge in [0.15, 0.2) is 0 Å². The van der Waals surface area contributed by atoms with E-state index in [9.17, 15) is 0 Å². The van der Waals surface area contributed by atoms with Gasteiger partial charge in [0.25, 0.3) is 0 Å². The molecule has 17 heavy (non-hydrogen) atoms. The maximum atomic E-state index is 5.73. The van der Waals surface area contributed by atoms with E-state index < -0.39 is 0 Å². The number of pyridine rings is 1. The highest BCUT2D eigenvalue weighted by molar-refractivity contribution is 9.10. The lowest BCUT2D eigenvalue weighted by Crippen LogP contribution is -2.00. The molecule has 1 aromatic carbocycles. The number of rotatable bonds is 3. The number of hydrogen-bond acceptors (Lipinski definition) is 2. The Morgan fingerprint density at radius 1 is 1.29 bits per heavy atom. The summed E-state index contributed by atoms with van der Waals surface area (Å²) in [4.78, 5) is 4.02. The topological polar surface area (TPSA) is 24.9 Å². The number of nitrogens with one attached hydrogen (secondary N) is 1. The van der Waals surface area contributed by atoms with Crippen LogP contribution in [0.2, 0.25) is 5.15 Å². The Balaban J connectivity index is 2.04. The van der Waals surface area contributed by atoms with Crippen LogP contribution in [0.25, 0.3) is 0 Å². The summed E-state index contributed by atoms with van der Waals surface area (Å²) in [6.45, 7) is 2.83. The van der Waals surface area contributed by atoms with Gasteiger partial charge in [-0.05, 0) is 36.2 Å². The molecule has 2 nitrogen and oxygen atoms in total. The average Bonchev–Trinajstić information content (AvgIpc) is 2.30. The lowest BCUT2D eigenvalue weighted by atomic mass is 10.1. The molecule has 0 atom stereocenters. The van der Waals surface area contributed by atoms with Crippen LogP contribution in [0.15, 0.2) is 41.0 Å². The molecule has 0 saturated carbocycles. The Morgan fingerprint density at radius 3 is 2.76 bits per heavy atom. The molecule has 0 radical (unpaired) electrons. The predicted molar refractivity (Wildman–Crippen MR) is 75.5 cm³/mol. The van der Waals surface area contributed by atoms with Gasteiger partial charge in [-0.3, -0.25) is 0 Å². The SMILES string of the molecule is Cc1ccc(CNc2ccc(Cl)nc2)c(Br)c1. The van der Waals surface area contributed by atoms with Crippen molar-refractivity contribution in [1.29, 1.82) is 0 Å². The Bertz CT molecular complexity index is 511. The summed E-state index contributed by atoms with van der Waals surface area (Å²) in [5, 5.41) is 3.80. The molecule has 1 heterocycles. The largest absolute Gasteiger partial charge is 0.380 e. The first-order valence-corrected chi connectivity index (χ1v) is 6.43. The molecule has 1 N–H and O–H groups in total. The van der Waals surface area contributed by atoms with Crippen molar-refractivity contribution in [3.05, 3.63) is 57.3 Å². The van der Waals surface area contributed by atoms with Gasteiger partial charge in [0.2, 0.25) is 0 Å². The van der Waals surface area contributed by atoms with Crippen molar-refractivity contribution >= 4 is 33.2 Å². The van der Waals surface area contributed by atoms with Crippen LogP contribution in [0.4, 0.5) is 5.69 Å². The quantitative estimate of drug-likeness (QED) is 0.849. The van der Waals surface area contributed by atoms with E-state index in [0.717, 1.165) is 16.7 Å². The van der Waals surface area contributed by atoms with Crippen molar-refractivity contribution in [2.75, 3.05) is 5.32 Å². The van der Waals surface area contributed by atoms with Gasteiger partial charge in [-0.15, -0.1) is 0 Å². The first kappa shape index (κ1) is 12.4. The van der Waals surface area contributed by atoms with Crippen molar-refractivity contribution in [1.82, 2.24) is 4.98 Å². The van der Waals surface area contributed by atoms with E-state index in [0.29, 0.717) is 5.15 Å². The van der Waals surface area contributed by atoms with E-state index in [1.54, 1.807) is 12.3 Å². The summed E-state index contributed by atoms with van der Waals surface area (Å²) in [5.41, 5.74) is 3.42. The first-order valence-electron chi connectivity index (χ1n) is 5.25. The maximum absolute atomic E-state index is 5.73. The Kier molecular flexibility index (Phi) is 4.02. The van der Waals surface area contributed by atoms with Crippen LogP contribution in [-0.2, 0) is 6.54 Å². The molecule has 88 valence electrons. The number of aromatic nitrogens is 1. The van der Waals surface area contributed by atoms with Crippen molar-refractivity contribution in [2.24, 2.45) is 0 Å². The molecule has 0 unspecified atom stereocenters. The van der Waals surface area contributed by atoms with Gasteiger partial charge in [-0.2, -0.15) is 0 Å². The standard InChI is InChI=1S/C13H12BrClN2/c1-9-2-3-10(12(14)6-9)7-16-11-4-5-13(15)17-8-11/h2-6,8,16H,7H2,1H3. The monoisotopic (exact) mass is 310 g/mol. The number of anilines is 1. The zero-order chi connectivity index (χ0) is 12.3. The van der Waals surface area contributed by atoms with Gasteiger partial charge in [-0.25, -0.2) is 4.98 Å². The molecule has 2 aromatic rings. The normalized spacial score (nSPS) is 10.3. The molecule has 0 spiro atoms. The molecule has 4 heteroatoms. The highest BCUT2D eigenvalue weighted by atomic mass is 79.9. The zero-order valence-electron chi connectivity index (χ0n) is 9.37. The molecule has 0 aliphatic rings. The smallest absolute Gasteiger partial charge is 0.129 e. The van der Waals surface area contributed by atoms with Crippen LogP contribution in [0.3, 0.4) is 0 Å². The van der Waals surface area contributed by atoms with Crippen molar-refractivity contribution in [3.63, 3.8) is 0 Å². The van der Waals surface area contributed by atoms with Gasteiger partial charge in [0, 0.05) is 11.0 Å². The highest BCUT2D eigenvalue weighted by Crippen LogP contribution is 2.19. The molecular weight excluding hydrogens is 300 g/mol. The van der Waals surface area contributed by atoms with Gasteiger partial charge in [0.1, 0.15) is 5.15 Å². The Morgan fingerprint density at radius 2 is 2.12 bits per heavy atom. The lowest BCUT2D eigenvalue weighted by molar-refractivity contribution is 1.12. The minimum atomic E-state index is 0.507. The summed E-state index contributed by atoms with van der Waals surface area (Å²) in [6.07, 6.45) is 1.73. The van der Waals surface area contributed by atoms with Crippen LogP contribution in [0, 0.1) is 6.92 Å². The Labute approximate surface area is 114 Å². The number of hydrogen-bond donors (Lipinski definition) is 1. The Hall–Kier alpha value is -1.06. The van der Waals surface area contributed by atoms with Gasteiger partial charge in [-0.1, -0.05) is 39.7 Å². The number of nitrogens with zero attached hydrogens (tertiary/aromatic N) is 1. The van der Waals surface area contributed by atoms with Crippen molar-refractivity contribution in [2.45, 2.75) is 13.5 Å². The molecule has 0 fully saturated rings. The van der Waals surface area contributed by atoms with Crippen LogP contribution in [0.1, 0.15) is 11.1 Å². The maximum Gasteiger partial charge on any atom is 0.129 e. The molecule has 0 aliphatic heterocycles. The minimum Gasteiger partial charge on any atom is -0.380 e. The fraction of sp³-hybridized carbons (Fsp3) is 0.154. The summed E-state index contributed by atoms with van der Waals surface area (Å²) in [7, 11) is 0. The van der Waals surface area contributed by atoms with Crippen molar-refractivity contribution < 1.29 is 0 Å². The van der Waals surface area contributed by atoms with Crippen LogP contribution < -0.4 is 5.32 Å². The van der Waals surface area contributed by atoms with E-state index in [1.165, 1.54) is 11.1 Å². The van der Waals surface area contributed by atoms with Gasteiger partial charge in [0.05, 0.1) is 11.9 Å². The van der Waals surface area contributed by atoms with E-state index in [4.69, 9.17) is 11.6 Å². The third-order valence-electron chi connectivity index (χ3n) is 2.42. The second-order valence-electron chi connectivity index (χ2n) is 3.82. The predicted octanol–water partition coefficient (Wildman–Crippen LogP) is 4.42. The second kappa shape index (κ2) is 5.52. The molecule has 0 aliphatic carbocycles. The first-order chi connectivity index (χ1) is 8.15. The summed E-state index contributed by atoms with van der Waals surface area (Å²) in [6, 6.07) is 10.0. The number of aryl methyl sites for hydroxylation is 1. The third kappa shape index (κ3) is 3.45. The van der Waals surface area contributed by atoms with Crippen molar-refractivity contribution in [3.8, 4) is 0 Å². The van der Waals surface area contributed by atoms with Crippen LogP contribution in [-0.4, -0.2) is 4.98 Å². The van der Waals surface area contributed by atoms with E-state index in [1.807, 2.05) is 6.07 Å². The molecule has 2 rings (SSSR count). The average molecular weight is 312 g/mol. The lowest BCUT2D eigenvalue weighted by Gasteiger charge is -2.08. The molecule has 1 aromatic heterocycles. The van der Waals surface area contributed by atoms with Crippen LogP contribution >= 0.6 is 27.5 Å². The second-order valence-corrected chi connectivity index (χ2v) is 5.06. The summed E-state index contributed by atoms with van der Waals surface area (Å²) < 4.78 is 1.12. The van der Waals surface area contributed by atoms with Gasteiger partial charge < -0.3 is 5.32 Å². The molecule has 0 amide bonds. The minimum absolute atomic E-state index is 0.507. The fourth-order valence-electron chi connectivity index (χ4n) is 1.47. The molecular formula is C13H12BrClN2. The van der Waals surface area contributed by atoms with E-state index >= 15 is 0 Å². The van der Waals surface area contributed by atoms with Gasteiger partial charge >= 0.3 is 0 Å².